The fourth-order valence-electron chi connectivity index (χ4n) is 4.88. The van der Waals surface area contributed by atoms with Crippen LogP contribution in [0.15, 0.2) is 66.7 Å². The second-order valence-electron chi connectivity index (χ2n) is 10.5. The second-order valence-corrected chi connectivity index (χ2v) is 10.5. The fourth-order valence-corrected chi connectivity index (χ4v) is 4.88. The lowest BCUT2D eigenvalue weighted by atomic mass is 9.98. The second kappa shape index (κ2) is 10.7. The molecule has 0 radical (unpaired) electrons. The van der Waals surface area contributed by atoms with E-state index < -0.39 is 11.6 Å². The molecule has 1 aromatic heterocycles. The summed E-state index contributed by atoms with van der Waals surface area (Å²) in [6.45, 7) is 3.78. The van der Waals surface area contributed by atoms with Crippen molar-refractivity contribution in [1.29, 1.82) is 0 Å². The first-order valence-corrected chi connectivity index (χ1v) is 12.8. The van der Waals surface area contributed by atoms with Crippen LogP contribution in [0, 0.1) is 5.82 Å². The summed E-state index contributed by atoms with van der Waals surface area (Å²) in [4.78, 5) is 28.0. The third kappa shape index (κ3) is 6.01. The van der Waals surface area contributed by atoms with E-state index in [1.54, 1.807) is 24.8 Å². The lowest BCUT2D eigenvalue weighted by Crippen LogP contribution is -2.49. The van der Waals surface area contributed by atoms with Crippen LogP contribution in [0.2, 0.25) is 0 Å². The Balaban J connectivity index is 1.42. The molecule has 5 rings (SSSR count). The van der Waals surface area contributed by atoms with Gasteiger partial charge >= 0.3 is 0 Å². The average molecular weight is 528 g/mol. The molecule has 200 valence electrons. The van der Waals surface area contributed by atoms with E-state index in [-0.39, 0.29) is 30.6 Å². The number of carbonyl (C=O) groups excluding carboxylic acids is 2. The first-order chi connectivity index (χ1) is 18.7. The summed E-state index contributed by atoms with van der Waals surface area (Å²) < 4.78 is 14.1. The highest BCUT2D eigenvalue weighted by Crippen LogP contribution is 2.32. The molecular formula is C29H30FN7O2. The number of halogens is 1. The number of aryl methyl sites for hydroxylation is 1. The van der Waals surface area contributed by atoms with Crippen LogP contribution in [0.25, 0.3) is 22.5 Å². The van der Waals surface area contributed by atoms with Gasteiger partial charge in [-0.3, -0.25) is 9.59 Å². The Morgan fingerprint density at radius 3 is 2.56 bits per heavy atom. The number of aromatic nitrogens is 4. The minimum atomic E-state index is -0.739. The third-order valence-electron chi connectivity index (χ3n) is 6.67. The highest BCUT2D eigenvalue weighted by Gasteiger charge is 2.32. The molecule has 0 saturated heterocycles. The largest absolute Gasteiger partial charge is 0.344 e. The topological polar surface area (TPSA) is 130 Å². The number of nitrogens with two attached hydrogens (primary N) is 1. The summed E-state index contributed by atoms with van der Waals surface area (Å²) in [5.74, 6) is -0.393. The summed E-state index contributed by atoms with van der Waals surface area (Å²) in [5, 5.41) is 17.2. The maximum Gasteiger partial charge on any atom is 0.249 e. The van der Waals surface area contributed by atoms with E-state index in [1.165, 1.54) is 12.1 Å². The fraction of sp³-hybridized carbons (Fsp3) is 0.276. The molecular weight excluding hydrogens is 497 g/mol. The minimum Gasteiger partial charge on any atom is -0.344 e. The maximum absolute atomic E-state index is 14.1. The van der Waals surface area contributed by atoms with Crippen LogP contribution in [0.5, 0.6) is 0 Å². The number of H-pyrrole nitrogens is 1. The van der Waals surface area contributed by atoms with Gasteiger partial charge in [-0.1, -0.05) is 48.5 Å². The number of nitrogens with one attached hydrogen (secondary N) is 2. The molecule has 1 atom stereocenters. The molecule has 1 aliphatic heterocycles. The van der Waals surface area contributed by atoms with Crippen molar-refractivity contribution in [3.05, 3.63) is 83.7 Å². The first-order valence-electron chi connectivity index (χ1n) is 12.8. The number of anilines is 1. The van der Waals surface area contributed by atoms with E-state index >= 15 is 0 Å². The van der Waals surface area contributed by atoms with Crippen molar-refractivity contribution in [3.63, 3.8) is 0 Å². The number of hydrogen-bond donors (Lipinski definition) is 3. The monoisotopic (exact) mass is 527 g/mol. The van der Waals surface area contributed by atoms with Crippen molar-refractivity contribution in [1.82, 2.24) is 25.9 Å². The van der Waals surface area contributed by atoms with Crippen molar-refractivity contribution in [3.8, 4) is 22.5 Å². The van der Waals surface area contributed by atoms with Gasteiger partial charge in [0, 0.05) is 23.2 Å². The molecule has 0 unspecified atom stereocenters. The zero-order valence-corrected chi connectivity index (χ0v) is 21.8. The number of rotatable bonds is 7. The van der Waals surface area contributed by atoms with E-state index in [2.05, 4.69) is 25.9 Å². The van der Waals surface area contributed by atoms with Crippen molar-refractivity contribution in [2.45, 2.75) is 51.2 Å². The highest BCUT2D eigenvalue weighted by atomic mass is 19.1. The van der Waals surface area contributed by atoms with Crippen LogP contribution in [0.4, 0.5) is 10.1 Å². The van der Waals surface area contributed by atoms with Gasteiger partial charge in [0.2, 0.25) is 17.6 Å². The Morgan fingerprint density at radius 2 is 1.87 bits per heavy atom. The summed E-state index contributed by atoms with van der Waals surface area (Å²) in [6.07, 6.45) is 0.914. The molecule has 2 heterocycles. The van der Waals surface area contributed by atoms with Crippen LogP contribution in [-0.2, 0) is 22.6 Å². The van der Waals surface area contributed by atoms with Gasteiger partial charge in [0.05, 0.1) is 6.54 Å². The van der Waals surface area contributed by atoms with Crippen LogP contribution >= 0.6 is 0 Å². The number of amides is 2. The van der Waals surface area contributed by atoms with Gasteiger partial charge < -0.3 is 16.0 Å². The van der Waals surface area contributed by atoms with Crippen molar-refractivity contribution >= 4 is 17.5 Å². The number of hydrogen-bond acceptors (Lipinski definition) is 6. The molecule has 1 aliphatic rings. The standard InChI is InChI=1S/C29H30FN7O2/c1-29(2,31)16-26(38)32-24-13-11-20-15-21(30)12-14-25(20)37(28(24)39)17-18-7-9-19(10-8-18)22-5-3-4-6-23(22)27-33-35-36-34-27/h3-10,12,14-15,24H,11,13,16-17,31H2,1-2H3,(H,32,38)(H,33,34,35,36)/t24-/m1/s1. The summed E-state index contributed by atoms with van der Waals surface area (Å²) in [5.41, 5.74) is 10.3. The Morgan fingerprint density at radius 1 is 1.13 bits per heavy atom. The van der Waals surface area contributed by atoms with Crippen molar-refractivity contribution < 1.29 is 14.0 Å². The van der Waals surface area contributed by atoms with E-state index in [4.69, 9.17) is 5.73 Å². The SMILES string of the molecule is CC(C)(N)CC(=O)N[C@@H]1CCc2cc(F)ccc2N(Cc2ccc(-c3ccccc3-c3nn[nH]n3)cc2)C1=O. The molecule has 9 nitrogen and oxygen atoms in total. The Bertz CT molecular complexity index is 1480. The minimum absolute atomic E-state index is 0.0884. The number of fused-ring (bicyclic) bond motifs is 1. The smallest absolute Gasteiger partial charge is 0.249 e. The van der Waals surface area contributed by atoms with Crippen LogP contribution < -0.4 is 16.0 Å². The van der Waals surface area contributed by atoms with E-state index in [1.807, 2.05) is 48.5 Å². The summed E-state index contributed by atoms with van der Waals surface area (Å²) in [6, 6.07) is 19.3. The molecule has 0 saturated carbocycles. The number of benzene rings is 3. The van der Waals surface area contributed by atoms with Crippen molar-refractivity contribution in [2.24, 2.45) is 5.73 Å². The van der Waals surface area contributed by atoms with Crippen LogP contribution in [0.1, 0.15) is 37.8 Å². The first kappa shape index (κ1) is 26.2. The zero-order chi connectivity index (χ0) is 27.6. The van der Waals surface area contributed by atoms with Crippen LogP contribution in [-0.4, -0.2) is 44.0 Å². The molecule has 0 fully saturated rings. The Labute approximate surface area is 225 Å². The molecule has 0 spiro atoms. The molecule has 0 bridgehead atoms. The number of carbonyl (C=O) groups is 2. The van der Waals surface area contributed by atoms with Gasteiger partial charge in [0.25, 0.3) is 0 Å². The van der Waals surface area contributed by atoms with Gasteiger partial charge in [-0.25, -0.2) is 4.39 Å². The van der Waals surface area contributed by atoms with Gasteiger partial charge in [-0.05, 0) is 72.4 Å². The van der Waals surface area contributed by atoms with E-state index in [0.29, 0.717) is 24.4 Å². The summed E-state index contributed by atoms with van der Waals surface area (Å²) in [7, 11) is 0. The van der Waals surface area contributed by atoms with E-state index in [0.717, 1.165) is 27.8 Å². The van der Waals surface area contributed by atoms with Gasteiger partial charge in [-0.15, -0.1) is 10.2 Å². The summed E-state index contributed by atoms with van der Waals surface area (Å²) >= 11 is 0. The number of tetrazole rings is 1. The molecule has 0 aliphatic carbocycles. The average Bonchev–Trinajstić information content (AvgIpc) is 3.40. The maximum atomic E-state index is 14.1. The predicted octanol–water partition coefficient (Wildman–Crippen LogP) is 3.76. The van der Waals surface area contributed by atoms with Gasteiger partial charge in [0.1, 0.15) is 11.9 Å². The Hall–Kier alpha value is -4.44. The van der Waals surface area contributed by atoms with Gasteiger partial charge in [0.15, 0.2) is 0 Å². The molecule has 39 heavy (non-hydrogen) atoms. The van der Waals surface area contributed by atoms with Crippen molar-refractivity contribution in [2.75, 3.05) is 4.90 Å². The zero-order valence-electron chi connectivity index (χ0n) is 21.8. The molecule has 4 aromatic rings. The van der Waals surface area contributed by atoms with Gasteiger partial charge in [-0.2, -0.15) is 5.21 Å². The normalized spacial score (nSPS) is 15.5. The third-order valence-corrected chi connectivity index (χ3v) is 6.67. The number of nitrogens with zero attached hydrogens (tertiary/aromatic N) is 4. The molecule has 10 heteroatoms. The molecule has 3 aromatic carbocycles. The predicted molar refractivity (Wildman–Crippen MR) is 146 cm³/mol. The van der Waals surface area contributed by atoms with E-state index in [9.17, 15) is 14.0 Å². The highest BCUT2D eigenvalue weighted by molar-refractivity contribution is 6.00. The Kier molecular flexibility index (Phi) is 7.21. The lowest BCUT2D eigenvalue weighted by Gasteiger charge is -2.27. The molecule has 2 amide bonds. The van der Waals surface area contributed by atoms with Crippen LogP contribution in [0.3, 0.4) is 0 Å². The molecule has 4 N–H and O–H groups in total. The quantitative estimate of drug-likeness (QED) is 0.336. The number of aromatic amines is 1. The lowest BCUT2D eigenvalue weighted by molar-refractivity contribution is -0.128.